The van der Waals surface area contributed by atoms with Crippen LogP contribution in [-0.2, 0) is 9.47 Å². The summed E-state index contributed by atoms with van der Waals surface area (Å²) in [5.74, 6) is 0. The Morgan fingerprint density at radius 2 is 1.58 bits per heavy atom. The minimum atomic E-state index is 0.0463. The second-order valence-electron chi connectivity index (χ2n) is 3.12. The summed E-state index contributed by atoms with van der Waals surface area (Å²) < 4.78 is 9.86. The van der Waals surface area contributed by atoms with Crippen molar-refractivity contribution in [2.24, 2.45) is 0 Å². The van der Waals surface area contributed by atoms with E-state index in [-0.39, 0.29) is 6.29 Å². The lowest BCUT2D eigenvalue weighted by atomic mass is 10.2. The summed E-state index contributed by atoms with van der Waals surface area (Å²) in [7, 11) is 0. The summed E-state index contributed by atoms with van der Waals surface area (Å²) in [6, 6.07) is 0. The van der Waals surface area contributed by atoms with Gasteiger partial charge >= 0.3 is 0 Å². The van der Waals surface area contributed by atoms with Crippen LogP contribution in [0.1, 0.15) is 26.2 Å². The molecule has 0 aliphatic carbocycles. The zero-order valence-corrected chi connectivity index (χ0v) is 7.84. The van der Waals surface area contributed by atoms with Crippen LogP contribution in [0.5, 0.6) is 0 Å². The lowest BCUT2D eigenvalue weighted by Crippen LogP contribution is -2.21. The zero-order chi connectivity index (χ0) is 8.65. The Morgan fingerprint density at radius 1 is 1.00 bits per heavy atom. The fourth-order valence-electron chi connectivity index (χ4n) is 1.28. The topological polar surface area (TPSA) is 30.5 Å². The van der Waals surface area contributed by atoms with Crippen molar-refractivity contribution in [3.05, 3.63) is 0 Å². The van der Waals surface area contributed by atoms with Gasteiger partial charge in [0.15, 0.2) is 6.29 Å². The van der Waals surface area contributed by atoms with E-state index in [9.17, 15) is 0 Å². The van der Waals surface area contributed by atoms with E-state index >= 15 is 0 Å². The molecule has 0 amide bonds. The van der Waals surface area contributed by atoms with Crippen LogP contribution >= 0.6 is 0 Å². The third-order valence-electron chi connectivity index (χ3n) is 2.00. The van der Waals surface area contributed by atoms with Crippen molar-refractivity contribution >= 4 is 0 Å². The maximum absolute atomic E-state index is 4.93. The Kier molecular flexibility index (Phi) is 5.32. The predicted molar refractivity (Wildman–Crippen MR) is 48.1 cm³/mol. The van der Waals surface area contributed by atoms with Crippen molar-refractivity contribution in [3.63, 3.8) is 0 Å². The molecule has 2 heterocycles. The Morgan fingerprint density at radius 3 is 1.75 bits per heavy atom. The summed E-state index contributed by atoms with van der Waals surface area (Å²) >= 11 is 0. The summed E-state index contributed by atoms with van der Waals surface area (Å²) in [5.41, 5.74) is 0. The average Bonchev–Trinajstić information content (AvgIpc) is 2.60. The van der Waals surface area contributed by atoms with Crippen LogP contribution in [0.3, 0.4) is 0 Å². The predicted octanol–water partition coefficient (Wildman–Crippen LogP) is 1.14. The van der Waals surface area contributed by atoms with Gasteiger partial charge in [0, 0.05) is 0 Å². The smallest absolute Gasteiger partial charge is 0.155 e. The molecule has 1 N–H and O–H groups in total. The molecule has 0 spiro atoms. The van der Waals surface area contributed by atoms with Crippen LogP contribution in [-0.4, -0.2) is 32.6 Å². The Balaban J connectivity index is 0.000000120. The van der Waals surface area contributed by atoms with E-state index in [0.717, 1.165) is 13.2 Å². The molecule has 0 aromatic rings. The number of ether oxygens (including phenoxy) is 2. The molecule has 0 atom stereocenters. The first-order valence-electron chi connectivity index (χ1n) is 4.83. The van der Waals surface area contributed by atoms with Gasteiger partial charge < -0.3 is 14.8 Å². The van der Waals surface area contributed by atoms with E-state index in [1.54, 1.807) is 0 Å². The van der Waals surface area contributed by atoms with Gasteiger partial charge in [-0.3, -0.25) is 0 Å². The third kappa shape index (κ3) is 4.70. The quantitative estimate of drug-likeness (QED) is 0.596. The highest BCUT2D eigenvalue weighted by Gasteiger charge is 2.07. The Labute approximate surface area is 74.4 Å². The standard InChI is InChI=1S/C5H11N.C4H8O2/c1-2-4-6-5-3-1;1-4-5-2-3-6-4/h6H,1-5H2;4H,2-3H2,1H3. The van der Waals surface area contributed by atoms with Gasteiger partial charge in [0.05, 0.1) is 13.2 Å². The maximum atomic E-state index is 4.93. The molecule has 2 rings (SSSR count). The molecule has 3 heteroatoms. The lowest BCUT2D eigenvalue weighted by molar-refractivity contribution is -0.0254. The van der Waals surface area contributed by atoms with Crippen molar-refractivity contribution in [3.8, 4) is 0 Å². The van der Waals surface area contributed by atoms with Gasteiger partial charge in [0.25, 0.3) is 0 Å². The van der Waals surface area contributed by atoms with Crippen LogP contribution in [0.2, 0.25) is 0 Å². The molecule has 0 radical (unpaired) electrons. The highest BCUT2D eigenvalue weighted by atomic mass is 16.7. The molecular weight excluding hydrogens is 154 g/mol. The van der Waals surface area contributed by atoms with E-state index in [1.165, 1.54) is 32.4 Å². The number of hydrogen-bond donors (Lipinski definition) is 1. The molecule has 0 bridgehead atoms. The van der Waals surface area contributed by atoms with Crippen molar-refractivity contribution in [2.75, 3.05) is 26.3 Å². The highest BCUT2D eigenvalue weighted by molar-refractivity contribution is 4.55. The highest BCUT2D eigenvalue weighted by Crippen LogP contribution is 1.99. The SMILES string of the molecule is C1CCNCC1.CC1OCCO1. The van der Waals surface area contributed by atoms with Crippen molar-refractivity contribution in [1.82, 2.24) is 5.32 Å². The molecule has 3 nitrogen and oxygen atoms in total. The summed E-state index contributed by atoms with van der Waals surface area (Å²) in [6.45, 7) is 5.93. The fourth-order valence-corrected chi connectivity index (χ4v) is 1.28. The normalized spacial score (nSPS) is 24.8. The van der Waals surface area contributed by atoms with Gasteiger partial charge in [-0.1, -0.05) is 6.42 Å². The Bertz CT molecular complexity index is 87.2. The van der Waals surface area contributed by atoms with Crippen LogP contribution in [0.4, 0.5) is 0 Å². The molecule has 72 valence electrons. The molecule has 0 aromatic carbocycles. The van der Waals surface area contributed by atoms with Crippen LogP contribution in [0.15, 0.2) is 0 Å². The third-order valence-corrected chi connectivity index (χ3v) is 2.00. The molecular formula is C9H19NO2. The molecule has 2 aliphatic rings. The van der Waals surface area contributed by atoms with E-state index in [4.69, 9.17) is 9.47 Å². The largest absolute Gasteiger partial charge is 0.351 e. The van der Waals surface area contributed by atoms with Gasteiger partial charge in [0.2, 0.25) is 0 Å². The second-order valence-corrected chi connectivity index (χ2v) is 3.12. The average molecular weight is 173 g/mol. The second kappa shape index (κ2) is 6.40. The molecule has 2 fully saturated rings. The van der Waals surface area contributed by atoms with E-state index in [0.29, 0.717) is 0 Å². The first-order chi connectivity index (χ1) is 5.89. The molecule has 12 heavy (non-hydrogen) atoms. The number of rotatable bonds is 0. The lowest BCUT2D eigenvalue weighted by Gasteiger charge is -2.08. The molecule has 0 saturated carbocycles. The van der Waals surface area contributed by atoms with Crippen LogP contribution < -0.4 is 5.32 Å². The van der Waals surface area contributed by atoms with Crippen molar-refractivity contribution in [2.45, 2.75) is 32.5 Å². The molecule has 0 aromatic heterocycles. The Hall–Kier alpha value is -0.120. The summed E-state index contributed by atoms with van der Waals surface area (Å²) in [4.78, 5) is 0. The fraction of sp³-hybridized carbons (Fsp3) is 1.00. The monoisotopic (exact) mass is 173 g/mol. The zero-order valence-electron chi connectivity index (χ0n) is 7.84. The van der Waals surface area contributed by atoms with E-state index in [1.807, 2.05) is 6.92 Å². The minimum absolute atomic E-state index is 0.0463. The maximum Gasteiger partial charge on any atom is 0.155 e. The molecule has 2 saturated heterocycles. The summed E-state index contributed by atoms with van der Waals surface area (Å²) in [5, 5.41) is 3.28. The summed E-state index contributed by atoms with van der Waals surface area (Å²) in [6.07, 6.45) is 4.26. The number of nitrogens with one attached hydrogen (secondary N) is 1. The molecule has 0 unspecified atom stereocenters. The van der Waals surface area contributed by atoms with Crippen LogP contribution in [0, 0.1) is 0 Å². The van der Waals surface area contributed by atoms with Gasteiger partial charge in [0.1, 0.15) is 0 Å². The first-order valence-corrected chi connectivity index (χ1v) is 4.83. The van der Waals surface area contributed by atoms with Gasteiger partial charge in [-0.25, -0.2) is 0 Å². The van der Waals surface area contributed by atoms with E-state index < -0.39 is 0 Å². The number of piperidine rings is 1. The van der Waals surface area contributed by atoms with Crippen LogP contribution in [0.25, 0.3) is 0 Å². The van der Waals surface area contributed by atoms with Gasteiger partial charge in [-0.2, -0.15) is 0 Å². The number of hydrogen-bond acceptors (Lipinski definition) is 3. The van der Waals surface area contributed by atoms with E-state index in [2.05, 4.69) is 5.32 Å². The van der Waals surface area contributed by atoms with Crippen molar-refractivity contribution < 1.29 is 9.47 Å². The minimum Gasteiger partial charge on any atom is -0.351 e. The van der Waals surface area contributed by atoms with Gasteiger partial charge in [-0.15, -0.1) is 0 Å². The van der Waals surface area contributed by atoms with Gasteiger partial charge in [-0.05, 0) is 32.9 Å². The molecule has 2 aliphatic heterocycles. The first kappa shape index (κ1) is 9.96. The van der Waals surface area contributed by atoms with Crippen molar-refractivity contribution in [1.29, 1.82) is 0 Å².